The van der Waals surface area contributed by atoms with Crippen LogP contribution in [0.2, 0.25) is 0 Å². The monoisotopic (exact) mass is 198 g/mol. The first-order valence-corrected chi connectivity index (χ1v) is 5.40. The van der Waals surface area contributed by atoms with Gasteiger partial charge in [0.25, 0.3) is 0 Å². The Labute approximate surface area is 86.9 Å². The van der Waals surface area contributed by atoms with Crippen molar-refractivity contribution in [3.8, 4) is 0 Å². The van der Waals surface area contributed by atoms with Crippen molar-refractivity contribution in [2.24, 2.45) is 5.73 Å². The van der Waals surface area contributed by atoms with Crippen LogP contribution < -0.4 is 5.73 Å². The first-order chi connectivity index (χ1) is 6.70. The molecule has 1 aliphatic rings. The van der Waals surface area contributed by atoms with E-state index in [1.54, 1.807) is 0 Å². The first-order valence-electron chi connectivity index (χ1n) is 5.40. The molecular formula is C11H22N2O. The minimum Gasteiger partial charge on any atom is -0.379 e. The molecule has 3 nitrogen and oxygen atoms in total. The van der Waals surface area contributed by atoms with E-state index < -0.39 is 0 Å². The van der Waals surface area contributed by atoms with Crippen LogP contribution in [0.4, 0.5) is 0 Å². The van der Waals surface area contributed by atoms with Gasteiger partial charge in [0.1, 0.15) is 0 Å². The lowest BCUT2D eigenvalue weighted by Crippen LogP contribution is -2.51. The Morgan fingerprint density at radius 1 is 1.64 bits per heavy atom. The van der Waals surface area contributed by atoms with Crippen LogP contribution in [0, 0.1) is 0 Å². The maximum Gasteiger partial charge on any atom is 0.0659 e. The Hall–Kier alpha value is -0.380. The molecule has 0 aromatic rings. The summed E-state index contributed by atoms with van der Waals surface area (Å²) in [4.78, 5) is 2.35. The van der Waals surface area contributed by atoms with Gasteiger partial charge in [0.05, 0.1) is 12.1 Å². The van der Waals surface area contributed by atoms with E-state index in [4.69, 9.17) is 10.5 Å². The van der Waals surface area contributed by atoms with Crippen LogP contribution in [0.1, 0.15) is 19.8 Å². The second-order valence-electron chi connectivity index (χ2n) is 4.19. The summed E-state index contributed by atoms with van der Waals surface area (Å²) in [6.45, 7) is 10.4. The van der Waals surface area contributed by atoms with Crippen molar-refractivity contribution in [1.29, 1.82) is 0 Å². The van der Waals surface area contributed by atoms with Crippen LogP contribution in [0.3, 0.4) is 0 Å². The van der Waals surface area contributed by atoms with Crippen molar-refractivity contribution in [2.75, 3.05) is 32.8 Å². The highest BCUT2D eigenvalue weighted by Gasteiger charge is 2.31. The SMILES string of the molecule is C=CCN(CCC)CC1(N)CCOC1. The van der Waals surface area contributed by atoms with E-state index in [0.717, 1.165) is 39.1 Å². The summed E-state index contributed by atoms with van der Waals surface area (Å²) in [6.07, 6.45) is 4.07. The van der Waals surface area contributed by atoms with Gasteiger partial charge in [-0.2, -0.15) is 0 Å². The van der Waals surface area contributed by atoms with Crippen LogP contribution in [0.15, 0.2) is 12.7 Å². The summed E-state index contributed by atoms with van der Waals surface area (Å²) < 4.78 is 5.34. The molecule has 1 rings (SSSR count). The number of hydrogen-bond donors (Lipinski definition) is 1. The van der Waals surface area contributed by atoms with E-state index in [1.165, 1.54) is 0 Å². The van der Waals surface area contributed by atoms with Gasteiger partial charge in [-0.3, -0.25) is 4.90 Å². The minimum absolute atomic E-state index is 0.127. The van der Waals surface area contributed by atoms with Gasteiger partial charge in [0, 0.05) is 19.7 Å². The third-order valence-corrected chi connectivity index (χ3v) is 2.60. The van der Waals surface area contributed by atoms with Gasteiger partial charge in [-0.15, -0.1) is 6.58 Å². The molecule has 1 saturated heterocycles. The molecule has 2 N–H and O–H groups in total. The average molecular weight is 198 g/mol. The highest BCUT2D eigenvalue weighted by molar-refractivity contribution is 4.92. The molecule has 0 aromatic carbocycles. The molecule has 0 aliphatic carbocycles. The van der Waals surface area contributed by atoms with Crippen molar-refractivity contribution >= 4 is 0 Å². The summed E-state index contributed by atoms with van der Waals surface area (Å²) in [5.41, 5.74) is 6.09. The Kier molecular flexibility index (Phi) is 4.58. The third kappa shape index (κ3) is 3.40. The molecule has 0 saturated carbocycles. The molecule has 14 heavy (non-hydrogen) atoms. The Bertz CT molecular complexity index is 176. The molecule has 0 amide bonds. The molecular weight excluding hydrogens is 176 g/mol. The van der Waals surface area contributed by atoms with Crippen LogP contribution in [0.5, 0.6) is 0 Å². The van der Waals surface area contributed by atoms with E-state index in [0.29, 0.717) is 6.61 Å². The van der Waals surface area contributed by atoms with E-state index in [1.807, 2.05) is 6.08 Å². The Morgan fingerprint density at radius 2 is 2.43 bits per heavy atom. The fourth-order valence-corrected chi connectivity index (χ4v) is 1.93. The predicted octanol–water partition coefficient (Wildman–Crippen LogP) is 1.00. The fraction of sp³-hybridized carbons (Fsp3) is 0.818. The molecule has 3 heteroatoms. The number of nitrogens with two attached hydrogens (primary N) is 1. The highest BCUT2D eigenvalue weighted by atomic mass is 16.5. The van der Waals surface area contributed by atoms with Crippen LogP contribution in [-0.4, -0.2) is 43.3 Å². The van der Waals surface area contributed by atoms with Gasteiger partial charge in [-0.05, 0) is 19.4 Å². The van der Waals surface area contributed by atoms with Crippen molar-refractivity contribution in [1.82, 2.24) is 4.90 Å². The maximum absolute atomic E-state index is 6.22. The molecule has 1 aliphatic heterocycles. The van der Waals surface area contributed by atoms with Crippen molar-refractivity contribution in [3.63, 3.8) is 0 Å². The largest absolute Gasteiger partial charge is 0.379 e. The second-order valence-corrected chi connectivity index (χ2v) is 4.19. The number of ether oxygens (including phenoxy) is 1. The molecule has 1 fully saturated rings. The smallest absolute Gasteiger partial charge is 0.0659 e. The molecule has 0 radical (unpaired) electrons. The average Bonchev–Trinajstić information content (AvgIpc) is 2.53. The third-order valence-electron chi connectivity index (χ3n) is 2.60. The molecule has 0 aromatic heterocycles. The van der Waals surface area contributed by atoms with Crippen molar-refractivity contribution < 1.29 is 4.74 Å². The van der Waals surface area contributed by atoms with Crippen molar-refractivity contribution in [2.45, 2.75) is 25.3 Å². The first kappa shape index (κ1) is 11.7. The van der Waals surface area contributed by atoms with E-state index in [9.17, 15) is 0 Å². The Morgan fingerprint density at radius 3 is 2.93 bits per heavy atom. The predicted molar refractivity (Wildman–Crippen MR) is 59.3 cm³/mol. The van der Waals surface area contributed by atoms with E-state index in [-0.39, 0.29) is 5.54 Å². The molecule has 1 unspecified atom stereocenters. The Balaban J connectivity index is 2.40. The van der Waals surface area contributed by atoms with Crippen LogP contribution >= 0.6 is 0 Å². The standard InChI is InChI=1S/C11H22N2O/c1-3-6-13(7-4-2)9-11(12)5-8-14-10-11/h3H,1,4-10,12H2,2H3. The number of nitrogens with zero attached hydrogens (tertiary/aromatic N) is 1. The van der Waals surface area contributed by atoms with Gasteiger partial charge in [-0.25, -0.2) is 0 Å². The maximum atomic E-state index is 6.22. The highest BCUT2D eigenvalue weighted by Crippen LogP contribution is 2.16. The summed E-state index contributed by atoms with van der Waals surface area (Å²) in [7, 11) is 0. The molecule has 1 heterocycles. The molecule has 1 atom stereocenters. The normalized spacial score (nSPS) is 27.1. The van der Waals surface area contributed by atoms with Crippen molar-refractivity contribution in [3.05, 3.63) is 12.7 Å². The number of rotatable bonds is 6. The molecule has 82 valence electrons. The zero-order chi connectivity index (χ0) is 10.4. The van der Waals surface area contributed by atoms with Crippen LogP contribution in [0.25, 0.3) is 0 Å². The lowest BCUT2D eigenvalue weighted by Gasteiger charge is -2.30. The van der Waals surface area contributed by atoms with Crippen LogP contribution in [-0.2, 0) is 4.74 Å². The van der Waals surface area contributed by atoms with Gasteiger partial charge in [0.2, 0.25) is 0 Å². The lowest BCUT2D eigenvalue weighted by molar-refractivity contribution is 0.157. The van der Waals surface area contributed by atoms with Gasteiger partial charge >= 0.3 is 0 Å². The van der Waals surface area contributed by atoms with Gasteiger partial charge in [0.15, 0.2) is 0 Å². The van der Waals surface area contributed by atoms with E-state index >= 15 is 0 Å². The molecule has 0 bridgehead atoms. The second kappa shape index (κ2) is 5.49. The summed E-state index contributed by atoms with van der Waals surface area (Å²) in [5.74, 6) is 0. The zero-order valence-electron chi connectivity index (χ0n) is 9.17. The number of hydrogen-bond acceptors (Lipinski definition) is 3. The summed E-state index contributed by atoms with van der Waals surface area (Å²) in [6, 6.07) is 0. The topological polar surface area (TPSA) is 38.5 Å². The summed E-state index contributed by atoms with van der Waals surface area (Å²) >= 11 is 0. The zero-order valence-corrected chi connectivity index (χ0v) is 9.17. The molecule has 0 spiro atoms. The lowest BCUT2D eigenvalue weighted by atomic mass is 9.99. The summed E-state index contributed by atoms with van der Waals surface area (Å²) in [5, 5.41) is 0. The quantitative estimate of drug-likeness (QED) is 0.647. The fourth-order valence-electron chi connectivity index (χ4n) is 1.93. The van der Waals surface area contributed by atoms with E-state index in [2.05, 4.69) is 18.4 Å². The minimum atomic E-state index is -0.127. The van der Waals surface area contributed by atoms with Gasteiger partial charge in [-0.1, -0.05) is 13.0 Å². The van der Waals surface area contributed by atoms with Gasteiger partial charge < -0.3 is 10.5 Å².